The summed E-state index contributed by atoms with van der Waals surface area (Å²) in [6.07, 6.45) is 1.51. The summed E-state index contributed by atoms with van der Waals surface area (Å²) in [5.74, 6) is -0.233. The van der Waals surface area contributed by atoms with E-state index in [0.29, 0.717) is 17.3 Å². The number of aliphatic hydroxyl groups excluding tert-OH is 1. The molecule has 0 aromatic carbocycles. The van der Waals surface area contributed by atoms with E-state index in [-0.39, 0.29) is 24.7 Å². The van der Waals surface area contributed by atoms with Crippen LogP contribution in [0.5, 0.6) is 0 Å². The summed E-state index contributed by atoms with van der Waals surface area (Å²) in [6, 6.07) is 3.65. The molecule has 0 saturated carbocycles. The first-order chi connectivity index (χ1) is 10.0. The zero-order valence-corrected chi connectivity index (χ0v) is 12.7. The largest absolute Gasteiger partial charge is 0.392 e. The molecule has 1 saturated heterocycles. The predicted octanol–water partition coefficient (Wildman–Crippen LogP) is 0.411. The Labute approximate surface area is 125 Å². The Morgan fingerprint density at radius 1 is 1.57 bits per heavy atom. The number of hydrogen-bond acceptors (Lipinski definition) is 5. The van der Waals surface area contributed by atoms with Crippen LogP contribution in [0.15, 0.2) is 18.3 Å². The molecule has 2 rings (SSSR count). The molecule has 0 aliphatic carbocycles. The van der Waals surface area contributed by atoms with E-state index in [1.54, 1.807) is 19.2 Å². The number of carbonyl (C=O) groups is 1. The Hall–Kier alpha value is -1.50. The summed E-state index contributed by atoms with van der Waals surface area (Å²) < 4.78 is 5.47. The third-order valence-electron chi connectivity index (χ3n) is 3.88. The molecule has 0 radical (unpaired) electrons. The van der Waals surface area contributed by atoms with Gasteiger partial charge in [-0.05, 0) is 31.5 Å². The second-order valence-corrected chi connectivity index (χ2v) is 5.61. The number of hydrogen-bond donors (Lipinski definition) is 2. The molecule has 2 atom stereocenters. The molecule has 116 valence electrons. The Kier molecular flexibility index (Phi) is 5.27. The normalized spacial score (nSPS) is 22.7. The molecule has 21 heavy (non-hydrogen) atoms. The highest BCUT2D eigenvalue weighted by molar-refractivity contribution is 5.92. The highest BCUT2D eigenvalue weighted by Gasteiger charge is 2.35. The van der Waals surface area contributed by atoms with Crippen molar-refractivity contribution in [3.8, 4) is 0 Å². The minimum Gasteiger partial charge on any atom is -0.392 e. The number of ether oxygens (including phenoxy) is 1. The van der Waals surface area contributed by atoms with E-state index in [4.69, 9.17) is 9.84 Å². The molecule has 2 heterocycles. The number of rotatable bonds is 5. The fraction of sp³-hybridized carbons (Fsp3) is 0.600. The van der Waals surface area contributed by atoms with Gasteiger partial charge in [0.05, 0.1) is 18.8 Å². The fourth-order valence-corrected chi connectivity index (χ4v) is 2.54. The van der Waals surface area contributed by atoms with Gasteiger partial charge in [-0.25, -0.2) is 0 Å². The molecule has 0 bridgehead atoms. The number of pyridine rings is 1. The van der Waals surface area contributed by atoms with Crippen molar-refractivity contribution in [2.45, 2.75) is 38.6 Å². The topological polar surface area (TPSA) is 74.7 Å². The standard InChI is InChI=1S/C15H23N3O3/c1-10(2)18-7-13(14(8-18)21-3)17-15(20)12-6-11(9-19)4-5-16-12/h4-6,10,13-14,19H,7-9H2,1-3H3,(H,17,20)/t13-,14-/m1/s1. The van der Waals surface area contributed by atoms with Gasteiger partial charge in [0.1, 0.15) is 5.69 Å². The lowest BCUT2D eigenvalue weighted by Gasteiger charge is -2.19. The molecule has 1 aromatic heterocycles. The summed E-state index contributed by atoms with van der Waals surface area (Å²) in [7, 11) is 1.66. The van der Waals surface area contributed by atoms with E-state index in [9.17, 15) is 4.79 Å². The third-order valence-corrected chi connectivity index (χ3v) is 3.88. The second-order valence-electron chi connectivity index (χ2n) is 5.61. The van der Waals surface area contributed by atoms with Crippen LogP contribution < -0.4 is 5.32 Å². The van der Waals surface area contributed by atoms with Gasteiger partial charge >= 0.3 is 0 Å². The number of aliphatic hydroxyl groups is 1. The Bertz CT molecular complexity index is 493. The first-order valence-corrected chi connectivity index (χ1v) is 7.18. The van der Waals surface area contributed by atoms with Crippen LogP contribution in [0.4, 0.5) is 0 Å². The number of carbonyl (C=O) groups excluding carboxylic acids is 1. The van der Waals surface area contributed by atoms with Crippen molar-refractivity contribution in [2.75, 3.05) is 20.2 Å². The molecule has 1 aliphatic heterocycles. The minimum atomic E-state index is -0.233. The average molecular weight is 293 g/mol. The van der Waals surface area contributed by atoms with Crippen LogP contribution in [0.1, 0.15) is 29.9 Å². The van der Waals surface area contributed by atoms with Gasteiger partial charge in [0, 0.05) is 32.4 Å². The Morgan fingerprint density at radius 2 is 2.33 bits per heavy atom. The highest BCUT2D eigenvalue weighted by Crippen LogP contribution is 2.16. The van der Waals surface area contributed by atoms with Crippen LogP contribution in [0.2, 0.25) is 0 Å². The summed E-state index contributed by atoms with van der Waals surface area (Å²) in [4.78, 5) is 18.6. The van der Waals surface area contributed by atoms with Crippen LogP contribution >= 0.6 is 0 Å². The van der Waals surface area contributed by atoms with Crippen molar-refractivity contribution in [1.29, 1.82) is 0 Å². The maximum Gasteiger partial charge on any atom is 0.270 e. The summed E-state index contributed by atoms with van der Waals surface area (Å²) in [5.41, 5.74) is 0.994. The maximum absolute atomic E-state index is 12.3. The first kappa shape index (κ1) is 15.9. The van der Waals surface area contributed by atoms with Crippen molar-refractivity contribution in [1.82, 2.24) is 15.2 Å². The number of likely N-dealkylation sites (tertiary alicyclic amines) is 1. The number of amides is 1. The van der Waals surface area contributed by atoms with E-state index >= 15 is 0 Å². The van der Waals surface area contributed by atoms with Gasteiger partial charge in [-0.3, -0.25) is 14.7 Å². The molecule has 6 nitrogen and oxygen atoms in total. The average Bonchev–Trinajstić information content (AvgIpc) is 2.90. The Balaban J connectivity index is 2.04. The van der Waals surface area contributed by atoms with Gasteiger partial charge in [0.2, 0.25) is 0 Å². The minimum absolute atomic E-state index is 0.0163. The molecule has 1 aliphatic rings. The smallest absolute Gasteiger partial charge is 0.270 e. The zero-order chi connectivity index (χ0) is 15.4. The van der Waals surface area contributed by atoms with E-state index in [0.717, 1.165) is 13.1 Å². The number of nitrogens with zero attached hydrogens (tertiary/aromatic N) is 2. The van der Waals surface area contributed by atoms with Crippen LogP contribution in [0.3, 0.4) is 0 Å². The summed E-state index contributed by atoms with van der Waals surface area (Å²) >= 11 is 0. The lowest BCUT2D eigenvalue weighted by Crippen LogP contribution is -2.44. The van der Waals surface area contributed by atoms with Crippen LogP contribution in [-0.2, 0) is 11.3 Å². The third kappa shape index (κ3) is 3.78. The number of nitrogens with one attached hydrogen (secondary N) is 1. The molecule has 1 amide bonds. The zero-order valence-electron chi connectivity index (χ0n) is 12.7. The van der Waals surface area contributed by atoms with E-state index < -0.39 is 0 Å². The maximum atomic E-state index is 12.3. The lowest BCUT2D eigenvalue weighted by atomic mass is 10.2. The molecule has 0 unspecified atom stereocenters. The van der Waals surface area contributed by atoms with E-state index in [2.05, 4.69) is 29.0 Å². The summed E-state index contributed by atoms with van der Waals surface area (Å²) in [5, 5.41) is 12.1. The molecular weight excluding hydrogens is 270 g/mol. The number of aromatic nitrogens is 1. The van der Waals surface area contributed by atoms with Gasteiger partial charge in [-0.15, -0.1) is 0 Å². The molecular formula is C15H23N3O3. The van der Waals surface area contributed by atoms with E-state index in [1.807, 2.05) is 0 Å². The van der Waals surface area contributed by atoms with Crippen LogP contribution in [-0.4, -0.2) is 59.3 Å². The first-order valence-electron chi connectivity index (χ1n) is 7.18. The van der Waals surface area contributed by atoms with Gasteiger partial charge < -0.3 is 15.2 Å². The molecule has 6 heteroatoms. The van der Waals surface area contributed by atoms with Gasteiger partial charge in [0.15, 0.2) is 0 Å². The van der Waals surface area contributed by atoms with Crippen molar-refractivity contribution < 1.29 is 14.6 Å². The highest BCUT2D eigenvalue weighted by atomic mass is 16.5. The SMILES string of the molecule is CO[C@@H]1CN(C(C)C)C[C@H]1NC(=O)c1cc(CO)ccn1. The summed E-state index contributed by atoms with van der Waals surface area (Å²) in [6.45, 7) is 5.73. The quantitative estimate of drug-likeness (QED) is 0.822. The second kappa shape index (κ2) is 6.98. The van der Waals surface area contributed by atoms with Crippen LogP contribution in [0.25, 0.3) is 0 Å². The van der Waals surface area contributed by atoms with Crippen molar-refractivity contribution in [3.05, 3.63) is 29.6 Å². The monoisotopic (exact) mass is 293 g/mol. The molecule has 2 N–H and O–H groups in total. The van der Waals surface area contributed by atoms with Gasteiger partial charge in [-0.1, -0.05) is 0 Å². The van der Waals surface area contributed by atoms with Crippen molar-refractivity contribution in [2.24, 2.45) is 0 Å². The predicted molar refractivity (Wildman–Crippen MR) is 78.9 cm³/mol. The van der Waals surface area contributed by atoms with Crippen molar-refractivity contribution in [3.63, 3.8) is 0 Å². The molecule has 1 aromatic rings. The Morgan fingerprint density at radius 3 is 2.95 bits per heavy atom. The number of methoxy groups -OCH3 is 1. The molecule has 0 spiro atoms. The lowest BCUT2D eigenvalue weighted by molar-refractivity contribution is 0.0750. The molecule has 1 fully saturated rings. The van der Waals surface area contributed by atoms with Crippen LogP contribution in [0, 0.1) is 0 Å². The fourth-order valence-electron chi connectivity index (χ4n) is 2.54. The van der Waals surface area contributed by atoms with Gasteiger partial charge in [-0.2, -0.15) is 0 Å². The van der Waals surface area contributed by atoms with Gasteiger partial charge in [0.25, 0.3) is 5.91 Å². The van der Waals surface area contributed by atoms with Crippen molar-refractivity contribution >= 4 is 5.91 Å². The van der Waals surface area contributed by atoms with E-state index in [1.165, 1.54) is 6.20 Å².